The Labute approximate surface area is 206 Å². The molecule has 2 aromatic heterocycles. The number of alkyl halides is 3. The third kappa shape index (κ3) is 7.01. The first-order valence-electron chi connectivity index (χ1n) is 11.2. The van der Waals surface area contributed by atoms with Crippen LogP contribution in [0.2, 0.25) is 0 Å². The summed E-state index contributed by atoms with van der Waals surface area (Å²) < 4.78 is 41.4. The highest BCUT2D eigenvalue weighted by Gasteiger charge is 2.34. The molecule has 0 saturated heterocycles. The number of halogens is 3. The average Bonchev–Trinajstić information content (AvgIpc) is 2.79. The molecule has 36 heavy (non-hydrogen) atoms. The third-order valence-corrected chi connectivity index (χ3v) is 4.86. The molecule has 3 aromatic rings. The van der Waals surface area contributed by atoms with Gasteiger partial charge in [0.05, 0.1) is 23.7 Å². The number of rotatable bonds is 5. The first-order chi connectivity index (χ1) is 16.7. The van der Waals surface area contributed by atoms with Gasteiger partial charge < -0.3 is 10.3 Å². The summed E-state index contributed by atoms with van der Waals surface area (Å²) in [5, 5.41) is 2.67. The molecule has 0 fully saturated rings. The summed E-state index contributed by atoms with van der Waals surface area (Å²) in [5.74, 6) is 5.14. The monoisotopic (exact) mass is 497 g/mol. The van der Waals surface area contributed by atoms with Crippen LogP contribution in [0.5, 0.6) is 0 Å². The molecule has 0 aliphatic carbocycles. The lowest BCUT2D eigenvalue weighted by Gasteiger charge is -2.15. The number of aromatic amines is 1. The zero-order chi connectivity index (χ0) is 26.7. The van der Waals surface area contributed by atoms with Crippen LogP contribution in [0.25, 0.3) is 22.8 Å². The van der Waals surface area contributed by atoms with Crippen LogP contribution >= 0.6 is 0 Å². The minimum Gasteiger partial charge on any atom is -0.352 e. The number of carbonyl (C=O) groups excluding carboxylic acids is 1. The molecule has 0 saturated carbocycles. The van der Waals surface area contributed by atoms with Gasteiger partial charge in [0.2, 0.25) is 5.91 Å². The molecule has 3 rings (SSSR count). The Balaban J connectivity index is 2.03. The first kappa shape index (κ1) is 26.6. The molecule has 0 unspecified atom stereocenters. The van der Waals surface area contributed by atoms with E-state index in [4.69, 9.17) is 0 Å². The van der Waals surface area contributed by atoms with Gasteiger partial charge in [-0.1, -0.05) is 25.8 Å². The van der Waals surface area contributed by atoms with Crippen molar-refractivity contribution in [2.75, 3.05) is 0 Å². The molecular weight excluding hydrogens is 471 g/mol. The fourth-order valence-electron chi connectivity index (χ4n) is 3.03. The van der Waals surface area contributed by atoms with Crippen LogP contribution in [0.4, 0.5) is 13.2 Å². The fourth-order valence-corrected chi connectivity index (χ4v) is 3.03. The Morgan fingerprint density at radius 1 is 1.08 bits per heavy atom. The molecule has 1 amide bonds. The lowest BCUT2D eigenvalue weighted by molar-refractivity contribution is -0.137. The summed E-state index contributed by atoms with van der Waals surface area (Å²) in [7, 11) is 0. The molecule has 1 aromatic carbocycles. The molecule has 0 bridgehead atoms. The summed E-state index contributed by atoms with van der Waals surface area (Å²) in [6.07, 6.45) is -1.92. The van der Waals surface area contributed by atoms with E-state index in [1.54, 1.807) is 13.8 Å². The predicted octanol–water partition coefficient (Wildman–Crippen LogP) is 4.58. The van der Waals surface area contributed by atoms with Gasteiger partial charge in [-0.25, -0.2) is 9.97 Å². The van der Waals surface area contributed by atoms with E-state index in [0.717, 1.165) is 12.1 Å². The second-order valence-corrected chi connectivity index (χ2v) is 9.52. The largest absolute Gasteiger partial charge is 0.417 e. The van der Waals surface area contributed by atoms with Gasteiger partial charge in [0.1, 0.15) is 17.2 Å². The Morgan fingerprint density at radius 2 is 1.81 bits per heavy atom. The Hall–Kier alpha value is -4.00. The maximum Gasteiger partial charge on any atom is 0.417 e. The second kappa shape index (κ2) is 10.3. The van der Waals surface area contributed by atoms with Crippen molar-refractivity contribution in [3.05, 3.63) is 63.8 Å². The van der Waals surface area contributed by atoms with Crippen molar-refractivity contribution in [3.63, 3.8) is 0 Å². The summed E-state index contributed by atoms with van der Waals surface area (Å²) in [5.41, 5.74) is -1.08. The molecule has 0 atom stereocenters. The van der Waals surface area contributed by atoms with E-state index in [1.807, 2.05) is 20.8 Å². The number of carbonyl (C=O) groups is 1. The molecule has 188 valence electrons. The average molecular weight is 498 g/mol. The summed E-state index contributed by atoms with van der Waals surface area (Å²) in [4.78, 5) is 39.3. The van der Waals surface area contributed by atoms with E-state index in [1.165, 1.54) is 24.5 Å². The van der Waals surface area contributed by atoms with Gasteiger partial charge in [0, 0.05) is 29.5 Å². The summed E-state index contributed by atoms with van der Waals surface area (Å²) >= 11 is 0. The Kier molecular flexibility index (Phi) is 7.62. The minimum atomic E-state index is -4.70. The summed E-state index contributed by atoms with van der Waals surface area (Å²) in [6.45, 7) is 9.29. The van der Waals surface area contributed by atoms with Crippen LogP contribution in [-0.2, 0) is 17.5 Å². The van der Waals surface area contributed by atoms with Crippen molar-refractivity contribution in [3.8, 4) is 34.6 Å². The Bertz CT molecular complexity index is 1380. The van der Waals surface area contributed by atoms with E-state index in [2.05, 4.69) is 37.1 Å². The van der Waals surface area contributed by atoms with Gasteiger partial charge in [-0.2, -0.15) is 13.2 Å². The standard InChI is InChI=1S/C26H26F3N5O2/c1-15(2)24(36)32-12-16-6-7-19(26(27,28)29)18(10-16)23-33-20(11-22(35)34-23)21-14-30-17(13-31-21)8-9-25(3,4)5/h6-7,10-11,13-15H,12H2,1-5H3,(H,32,36)(H,33,34,35). The number of nitrogens with one attached hydrogen (secondary N) is 2. The van der Waals surface area contributed by atoms with Gasteiger partial charge in [-0.15, -0.1) is 0 Å². The van der Waals surface area contributed by atoms with Crippen LogP contribution in [0.15, 0.2) is 41.5 Å². The molecule has 10 heteroatoms. The lowest BCUT2D eigenvalue weighted by atomic mass is 9.98. The quantitative estimate of drug-likeness (QED) is 0.503. The van der Waals surface area contributed by atoms with Crippen LogP contribution in [0.1, 0.15) is 51.4 Å². The predicted molar refractivity (Wildman–Crippen MR) is 129 cm³/mol. The zero-order valence-electron chi connectivity index (χ0n) is 20.5. The third-order valence-electron chi connectivity index (χ3n) is 4.86. The van der Waals surface area contributed by atoms with Crippen molar-refractivity contribution < 1.29 is 18.0 Å². The SMILES string of the molecule is CC(C)C(=O)NCc1ccc(C(F)(F)F)c(-c2nc(-c3cnc(C#CC(C)(C)C)cn3)cc(=O)[nH]2)c1. The van der Waals surface area contributed by atoms with Gasteiger partial charge >= 0.3 is 6.18 Å². The van der Waals surface area contributed by atoms with Gasteiger partial charge in [0.25, 0.3) is 5.56 Å². The van der Waals surface area contributed by atoms with E-state index in [9.17, 15) is 22.8 Å². The molecular formula is C26H26F3N5O2. The number of H-pyrrole nitrogens is 1. The highest BCUT2D eigenvalue weighted by Crippen LogP contribution is 2.36. The molecule has 0 spiro atoms. The smallest absolute Gasteiger partial charge is 0.352 e. The highest BCUT2D eigenvalue weighted by molar-refractivity contribution is 5.77. The van der Waals surface area contributed by atoms with Crippen molar-refractivity contribution in [2.45, 2.75) is 47.3 Å². The van der Waals surface area contributed by atoms with E-state index in [0.29, 0.717) is 11.3 Å². The van der Waals surface area contributed by atoms with Crippen molar-refractivity contribution in [1.82, 2.24) is 25.3 Å². The van der Waals surface area contributed by atoms with Crippen LogP contribution in [-0.4, -0.2) is 25.8 Å². The van der Waals surface area contributed by atoms with E-state index < -0.39 is 17.3 Å². The zero-order valence-corrected chi connectivity index (χ0v) is 20.5. The molecule has 7 nitrogen and oxygen atoms in total. The number of aromatic nitrogens is 4. The van der Waals surface area contributed by atoms with Gasteiger partial charge in [-0.3, -0.25) is 14.6 Å². The van der Waals surface area contributed by atoms with Crippen molar-refractivity contribution >= 4 is 5.91 Å². The molecule has 0 radical (unpaired) electrons. The van der Waals surface area contributed by atoms with Crippen LogP contribution < -0.4 is 10.9 Å². The van der Waals surface area contributed by atoms with Gasteiger partial charge in [-0.05, 0) is 44.4 Å². The first-order valence-corrected chi connectivity index (χ1v) is 11.2. The van der Waals surface area contributed by atoms with Crippen LogP contribution in [0, 0.1) is 23.2 Å². The van der Waals surface area contributed by atoms with Crippen molar-refractivity contribution in [1.29, 1.82) is 0 Å². The maximum atomic E-state index is 13.8. The number of benzene rings is 1. The minimum absolute atomic E-state index is 0.0224. The normalized spacial score (nSPS) is 11.7. The number of nitrogens with zero attached hydrogens (tertiary/aromatic N) is 3. The highest BCUT2D eigenvalue weighted by atomic mass is 19.4. The molecule has 0 aliphatic rings. The van der Waals surface area contributed by atoms with E-state index in [-0.39, 0.29) is 46.6 Å². The topological polar surface area (TPSA) is 101 Å². The summed E-state index contributed by atoms with van der Waals surface area (Å²) in [6, 6.07) is 4.56. The molecule has 2 N–H and O–H groups in total. The second-order valence-electron chi connectivity index (χ2n) is 9.52. The van der Waals surface area contributed by atoms with Gasteiger partial charge in [0.15, 0.2) is 0 Å². The van der Waals surface area contributed by atoms with Crippen LogP contribution in [0.3, 0.4) is 0 Å². The van der Waals surface area contributed by atoms with Crippen molar-refractivity contribution in [2.24, 2.45) is 11.3 Å². The Morgan fingerprint density at radius 3 is 2.39 bits per heavy atom. The lowest BCUT2D eigenvalue weighted by Crippen LogP contribution is -2.27. The number of hydrogen-bond donors (Lipinski definition) is 2. The fraction of sp³-hybridized carbons (Fsp3) is 0.346. The number of amides is 1. The maximum absolute atomic E-state index is 13.8. The van der Waals surface area contributed by atoms with E-state index >= 15 is 0 Å². The molecule has 2 heterocycles. The number of hydrogen-bond acceptors (Lipinski definition) is 5. The molecule has 0 aliphatic heterocycles.